The number of aromatic nitrogens is 2. The van der Waals surface area contributed by atoms with Crippen LogP contribution in [0.2, 0.25) is 0 Å². The van der Waals surface area contributed by atoms with Crippen LogP contribution in [0.4, 0.5) is 5.82 Å². The van der Waals surface area contributed by atoms with Gasteiger partial charge in [-0.05, 0) is 11.6 Å². The molecule has 0 aliphatic carbocycles. The molecule has 11 nitrogen and oxygen atoms in total. The van der Waals surface area contributed by atoms with Crippen molar-refractivity contribution < 1.29 is 19.4 Å². The number of aliphatic hydroxyl groups is 1. The Labute approximate surface area is 159 Å². The number of benzene rings is 1. The van der Waals surface area contributed by atoms with Crippen LogP contribution in [0, 0.1) is 0 Å². The number of aliphatic hydroxyl groups excluding tert-OH is 1. The van der Waals surface area contributed by atoms with Crippen LogP contribution >= 0.6 is 0 Å². The van der Waals surface area contributed by atoms with Crippen molar-refractivity contribution in [1.29, 1.82) is 0 Å². The molecule has 1 aliphatic heterocycles. The van der Waals surface area contributed by atoms with E-state index in [-0.39, 0.29) is 19.0 Å². The number of hydrogen-bond acceptors (Lipinski definition) is 8. The molecule has 0 unspecified atom stereocenters. The second-order valence-corrected chi connectivity index (χ2v) is 6.09. The smallest absolute Gasteiger partial charge is 0.352 e. The van der Waals surface area contributed by atoms with Crippen molar-refractivity contribution in [3.63, 3.8) is 0 Å². The highest BCUT2D eigenvalue weighted by atomic mass is 16.6. The average molecular weight is 386 g/mol. The zero-order valence-electron chi connectivity index (χ0n) is 14.7. The van der Waals surface area contributed by atoms with Crippen molar-refractivity contribution in [2.75, 3.05) is 19.1 Å². The van der Waals surface area contributed by atoms with E-state index in [0.29, 0.717) is 5.56 Å². The van der Waals surface area contributed by atoms with E-state index in [2.05, 4.69) is 15.0 Å². The highest BCUT2D eigenvalue weighted by molar-refractivity contribution is 6.01. The number of ketones is 1. The highest BCUT2D eigenvalue weighted by Gasteiger charge is 2.54. The van der Waals surface area contributed by atoms with Gasteiger partial charge in [0.1, 0.15) is 18.7 Å². The quantitative estimate of drug-likeness (QED) is 0.307. The fraction of sp³-hybridized carbons (Fsp3) is 0.353. The minimum atomic E-state index is -1.80. The fourth-order valence-corrected chi connectivity index (χ4v) is 3.17. The third-order valence-electron chi connectivity index (χ3n) is 4.43. The van der Waals surface area contributed by atoms with Gasteiger partial charge in [0.25, 0.3) is 0 Å². The van der Waals surface area contributed by atoms with E-state index in [4.69, 9.17) is 20.7 Å². The summed E-state index contributed by atoms with van der Waals surface area (Å²) in [5.41, 5.74) is 11.7. The lowest BCUT2D eigenvalue weighted by molar-refractivity contribution is -0.0989. The second kappa shape index (κ2) is 8.19. The van der Waals surface area contributed by atoms with E-state index >= 15 is 0 Å². The number of nitrogens with two attached hydrogens (primary N) is 1. The third-order valence-corrected chi connectivity index (χ3v) is 4.43. The average Bonchev–Trinajstić information content (AvgIpc) is 3.08. The summed E-state index contributed by atoms with van der Waals surface area (Å²) < 4.78 is 12.4. The van der Waals surface area contributed by atoms with Crippen LogP contribution in [0.3, 0.4) is 0 Å². The first-order valence-corrected chi connectivity index (χ1v) is 8.38. The van der Waals surface area contributed by atoms with Gasteiger partial charge in [-0.15, -0.1) is 0 Å². The number of nitrogen functional groups attached to an aromatic ring is 1. The molecule has 1 saturated heterocycles. The highest BCUT2D eigenvalue weighted by Crippen LogP contribution is 2.38. The van der Waals surface area contributed by atoms with Crippen LogP contribution in [0.1, 0.15) is 16.8 Å². The Morgan fingerprint density at radius 1 is 1.46 bits per heavy atom. The Kier molecular flexibility index (Phi) is 5.71. The number of azide groups is 1. The number of rotatable bonds is 7. The second-order valence-electron chi connectivity index (χ2n) is 6.09. The molecule has 3 N–H and O–H groups in total. The molecule has 1 aromatic heterocycles. The number of ether oxygens (including phenoxy) is 2. The molecule has 1 aromatic carbocycles. The molecule has 2 heterocycles. The summed E-state index contributed by atoms with van der Waals surface area (Å²) >= 11 is 0. The molecule has 0 amide bonds. The van der Waals surface area contributed by atoms with Crippen LogP contribution in [0.15, 0.2) is 52.5 Å². The maximum atomic E-state index is 13.4. The Balaban J connectivity index is 2.09. The molecule has 0 radical (unpaired) electrons. The maximum Gasteiger partial charge on any atom is 0.352 e. The Bertz CT molecular complexity index is 958. The van der Waals surface area contributed by atoms with Gasteiger partial charge in [-0.2, -0.15) is 4.98 Å². The largest absolute Gasteiger partial charge is 0.394 e. The number of anilines is 1. The van der Waals surface area contributed by atoms with Crippen molar-refractivity contribution in [1.82, 2.24) is 9.55 Å². The van der Waals surface area contributed by atoms with Crippen LogP contribution in [-0.4, -0.2) is 46.0 Å². The van der Waals surface area contributed by atoms with Gasteiger partial charge < -0.3 is 20.3 Å². The summed E-state index contributed by atoms with van der Waals surface area (Å²) in [6.45, 7) is -0.784. The van der Waals surface area contributed by atoms with Gasteiger partial charge >= 0.3 is 5.69 Å². The van der Waals surface area contributed by atoms with E-state index in [1.807, 2.05) is 0 Å². The molecule has 1 fully saturated rings. The minimum absolute atomic E-state index is 0.00331. The van der Waals surface area contributed by atoms with Gasteiger partial charge in [-0.1, -0.05) is 35.4 Å². The molecule has 3 rings (SSSR count). The molecule has 11 heteroatoms. The van der Waals surface area contributed by atoms with E-state index in [1.54, 1.807) is 30.3 Å². The van der Waals surface area contributed by atoms with Crippen LogP contribution in [0.25, 0.3) is 10.4 Å². The Hall–Kier alpha value is -3.24. The molecular weight excluding hydrogens is 368 g/mol. The lowest BCUT2D eigenvalue weighted by Crippen LogP contribution is -2.48. The summed E-state index contributed by atoms with van der Waals surface area (Å²) in [7, 11) is 0. The predicted molar refractivity (Wildman–Crippen MR) is 97.1 cm³/mol. The first-order chi connectivity index (χ1) is 13.5. The summed E-state index contributed by atoms with van der Waals surface area (Å²) in [5.74, 6) is -0.508. The van der Waals surface area contributed by atoms with E-state index < -0.39 is 36.0 Å². The topological polar surface area (TPSA) is 165 Å². The number of carbonyl (C=O) groups is 1. The van der Waals surface area contributed by atoms with Gasteiger partial charge in [0.05, 0.1) is 12.7 Å². The van der Waals surface area contributed by atoms with Gasteiger partial charge in [0.2, 0.25) is 11.5 Å². The zero-order chi connectivity index (χ0) is 20.1. The normalized spacial score (nSPS) is 23.9. The van der Waals surface area contributed by atoms with Gasteiger partial charge in [0.15, 0.2) is 0 Å². The van der Waals surface area contributed by atoms with Crippen LogP contribution < -0.4 is 11.4 Å². The minimum Gasteiger partial charge on any atom is -0.394 e. The lowest BCUT2D eigenvalue weighted by Gasteiger charge is -2.29. The van der Waals surface area contributed by atoms with Crippen molar-refractivity contribution in [3.05, 3.63) is 69.1 Å². The number of Topliss-reactive ketones (excluding diaryl/α,β-unsaturated/α-hetero) is 1. The molecule has 0 spiro atoms. The molecular formula is C17H18N6O5. The SMILES string of the molecule is [N-]=[N+]=NCO[C@H]1C[C@](C(=O)c2ccccc2)(n2ccc(N)nc2=O)O[C@@H]1CO. The zero-order valence-corrected chi connectivity index (χ0v) is 14.7. The molecule has 1 aliphatic rings. The number of carbonyl (C=O) groups excluding carboxylic acids is 1. The van der Waals surface area contributed by atoms with E-state index in [0.717, 1.165) is 4.57 Å². The first-order valence-electron chi connectivity index (χ1n) is 8.38. The van der Waals surface area contributed by atoms with Gasteiger partial charge in [-0.25, -0.2) is 4.79 Å². The van der Waals surface area contributed by atoms with Crippen molar-refractivity contribution in [2.45, 2.75) is 24.4 Å². The summed E-state index contributed by atoms with van der Waals surface area (Å²) in [5, 5.41) is 13.0. The Morgan fingerprint density at radius 3 is 2.86 bits per heavy atom. The predicted octanol–water partition coefficient (Wildman–Crippen LogP) is 0.795. The van der Waals surface area contributed by atoms with Crippen LogP contribution in [-0.2, 0) is 15.2 Å². The fourth-order valence-electron chi connectivity index (χ4n) is 3.17. The third kappa shape index (κ3) is 3.59. The summed E-state index contributed by atoms with van der Waals surface area (Å²) in [4.78, 5) is 32.2. The van der Waals surface area contributed by atoms with E-state index in [1.165, 1.54) is 12.3 Å². The molecule has 28 heavy (non-hydrogen) atoms. The van der Waals surface area contributed by atoms with Crippen molar-refractivity contribution in [2.24, 2.45) is 5.11 Å². The van der Waals surface area contributed by atoms with Gasteiger partial charge in [0, 0.05) is 23.1 Å². The maximum absolute atomic E-state index is 13.4. The molecule has 0 bridgehead atoms. The number of nitrogens with zero attached hydrogens (tertiary/aromatic N) is 5. The lowest BCUT2D eigenvalue weighted by atomic mass is 9.96. The van der Waals surface area contributed by atoms with Crippen molar-refractivity contribution >= 4 is 11.6 Å². The summed E-state index contributed by atoms with van der Waals surface area (Å²) in [6.07, 6.45) is -0.507. The molecule has 3 atom stereocenters. The molecule has 146 valence electrons. The Morgan fingerprint density at radius 2 is 2.21 bits per heavy atom. The van der Waals surface area contributed by atoms with Crippen molar-refractivity contribution in [3.8, 4) is 0 Å². The standard InChI is InChI=1S/C17H18N6O5/c18-14-6-7-23(16(26)21-14)17(15(25)11-4-2-1-3-5-11)8-12(13(9-24)28-17)27-10-20-22-19/h1-7,12-13,24H,8-10H2,(H2,18,21,26)/t12-,13+,17-/m0/s1. The van der Waals surface area contributed by atoms with Crippen LogP contribution in [0.5, 0.6) is 0 Å². The monoisotopic (exact) mass is 386 g/mol. The molecule has 0 saturated carbocycles. The number of hydrogen-bond donors (Lipinski definition) is 2. The first kappa shape index (κ1) is 19.5. The van der Waals surface area contributed by atoms with E-state index in [9.17, 15) is 14.7 Å². The summed E-state index contributed by atoms with van der Waals surface area (Å²) in [6, 6.07) is 9.65. The van der Waals surface area contributed by atoms with Gasteiger partial charge in [-0.3, -0.25) is 9.36 Å². The molecule has 2 aromatic rings.